The molecule has 4 aromatic rings. The van der Waals surface area contributed by atoms with Crippen LogP contribution in [0, 0.1) is 13.8 Å². The minimum atomic E-state index is 0.140. The average Bonchev–Trinajstić information content (AvgIpc) is 3.34. The highest BCUT2D eigenvalue weighted by Crippen LogP contribution is 2.43. The van der Waals surface area contributed by atoms with Gasteiger partial charge < -0.3 is 20.9 Å². The molecule has 7 rings (SSSR count). The molecule has 0 aliphatic carbocycles. The number of hydrogen-bond acceptors (Lipinski definition) is 8. The van der Waals surface area contributed by atoms with Gasteiger partial charge in [0.25, 0.3) is 0 Å². The van der Waals surface area contributed by atoms with E-state index in [0.29, 0.717) is 0 Å². The molecule has 182 valence electrons. The number of piperazine rings is 1. The van der Waals surface area contributed by atoms with Crippen molar-refractivity contribution in [3.63, 3.8) is 0 Å². The topological polar surface area (TPSA) is 54.9 Å². The number of fused-ring (bicyclic) bond motifs is 4. The van der Waals surface area contributed by atoms with Crippen LogP contribution in [-0.4, -0.2) is 41.8 Å². The summed E-state index contributed by atoms with van der Waals surface area (Å²) in [6, 6.07) is 21.5. The summed E-state index contributed by atoms with van der Waals surface area (Å²) in [6.07, 6.45) is 0.140. The number of rotatable bonds is 1. The molecule has 2 aromatic carbocycles. The number of nitrogens with zero attached hydrogens (tertiary/aromatic N) is 3. The molecule has 1 atom stereocenters. The molecule has 36 heavy (non-hydrogen) atoms. The maximum absolute atomic E-state index is 5.18. The van der Waals surface area contributed by atoms with Crippen LogP contribution in [0.15, 0.2) is 65.7 Å². The van der Waals surface area contributed by atoms with Crippen LogP contribution in [0.1, 0.15) is 27.0 Å². The van der Waals surface area contributed by atoms with Crippen molar-refractivity contribution in [2.24, 2.45) is 4.99 Å². The number of anilines is 5. The summed E-state index contributed by atoms with van der Waals surface area (Å²) in [7, 11) is 0. The minimum absolute atomic E-state index is 0.140. The van der Waals surface area contributed by atoms with Gasteiger partial charge in [0.05, 0.1) is 33.3 Å². The Hall–Kier alpha value is -3.33. The summed E-state index contributed by atoms with van der Waals surface area (Å²) in [6.45, 7) is 8.15. The Balaban J connectivity index is 1.18. The lowest BCUT2D eigenvalue weighted by atomic mass is 10.1. The van der Waals surface area contributed by atoms with Gasteiger partial charge in [0.1, 0.15) is 17.0 Å². The molecule has 1 saturated heterocycles. The smallest absolute Gasteiger partial charge is 0.139 e. The highest BCUT2D eigenvalue weighted by atomic mass is 32.1. The molecule has 2 aromatic heterocycles. The third-order valence-electron chi connectivity index (χ3n) is 7.10. The monoisotopic (exact) mass is 512 g/mol. The zero-order chi connectivity index (χ0) is 24.2. The standard InChI is InChI=1S/C28H28N6S2/c1-17-15-19-25(29-21-7-3-5-9-23(21)31-27(19)35-17)33-11-13-34(14-12-33)26-20-16-18(2)36-28(20)32-24-10-6-4-8-22(24)30-26/h3-10,15-16,25,29,31-32H,11-14H2,1-2H3. The van der Waals surface area contributed by atoms with Crippen molar-refractivity contribution in [3.8, 4) is 0 Å². The van der Waals surface area contributed by atoms with Crippen LogP contribution in [-0.2, 0) is 0 Å². The molecule has 0 spiro atoms. The number of benzene rings is 2. The van der Waals surface area contributed by atoms with E-state index < -0.39 is 0 Å². The summed E-state index contributed by atoms with van der Waals surface area (Å²) < 4.78 is 0. The Bertz CT molecular complexity index is 1480. The van der Waals surface area contributed by atoms with Gasteiger partial charge in [-0.2, -0.15) is 0 Å². The van der Waals surface area contributed by atoms with Crippen LogP contribution in [0.3, 0.4) is 0 Å². The van der Waals surface area contributed by atoms with E-state index in [1.165, 1.54) is 30.9 Å². The Morgan fingerprint density at radius 1 is 0.778 bits per heavy atom. The Labute approximate surface area is 219 Å². The fourth-order valence-electron chi connectivity index (χ4n) is 5.37. The molecule has 0 saturated carbocycles. The zero-order valence-electron chi connectivity index (χ0n) is 20.3. The van der Waals surface area contributed by atoms with Crippen LogP contribution in [0.25, 0.3) is 0 Å². The van der Waals surface area contributed by atoms with Gasteiger partial charge in [-0.3, -0.25) is 4.90 Å². The maximum atomic E-state index is 5.18. The Morgan fingerprint density at radius 2 is 1.44 bits per heavy atom. The fourth-order valence-corrected chi connectivity index (χ4v) is 7.24. The largest absolute Gasteiger partial charge is 0.364 e. The van der Waals surface area contributed by atoms with Crippen molar-refractivity contribution in [2.45, 2.75) is 20.0 Å². The first-order valence-corrected chi connectivity index (χ1v) is 14.0. The highest BCUT2D eigenvalue weighted by molar-refractivity contribution is 7.16. The fraction of sp³-hybridized carbons (Fsp3) is 0.250. The first kappa shape index (κ1) is 21.9. The number of hydrogen-bond donors (Lipinski definition) is 3. The van der Waals surface area contributed by atoms with Crippen molar-refractivity contribution < 1.29 is 0 Å². The summed E-state index contributed by atoms with van der Waals surface area (Å²) in [5.74, 6) is 1.08. The SMILES string of the molecule is Cc1cc2c(s1)Nc1ccccc1N=C2N1CCN(C2Nc3ccccc3Nc3sc(C)cc32)CC1. The van der Waals surface area contributed by atoms with Gasteiger partial charge in [-0.15, -0.1) is 22.7 Å². The van der Waals surface area contributed by atoms with Crippen molar-refractivity contribution in [3.05, 3.63) is 81.5 Å². The molecule has 0 bridgehead atoms. The molecule has 5 heterocycles. The molecule has 0 radical (unpaired) electrons. The lowest BCUT2D eigenvalue weighted by Crippen LogP contribution is -2.51. The molecule has 3 aliphatic rings. The molecule has 1 fully saturated rings. The molecule has 3 N–H and O–H groups in total. The van der Waals surface area contributed by atoms with Crippen molar-refractivity contribution >= 4 is 61.3 Å². The molecule has 1 unspecified atom stereocenters. The molecule has 3 aliphatic heterocycles. The number of nitrogens with one attached hydrogen (secondary N) is 3. The van der Waals surface area contributed by atoms with Gasteiger partial charge in [0.15, 0.2) is 0 Å². The third-order valence-corrected chi connectivity index (χ3v) is 9.05. The summed E-state index contributed by atoms with van der Waals surface area (Å²) >= 11 is 3.64. The molecular weight excluding hydrogens is 484 g/mol. The summed E-state index contributed by atoms with van der Waals surface area (Å²) in [5.41, 5.74) is 6.92. The third kappa shape index (κ3) is 3.77. The maximum Gasteiger partial charge on any atom is 0.139 e. The van der Waals surface area contributed by atoms with Gasteiger partial charge in [0, 0.05) is 41.5 Å². The number of amidine groups is 1. The second-order valence-electron chi connectivity index (χ2n) is 9.56. The van der Waals surface area contributed by atoms with Gasteiger partial charge >= 0.3 is 0 Å². The number of aliphatic imine (C=N–C) groups is 1. The van der Waals surface area contributed by atoms with E-state index in [-0.39, 0.29) is 6.17 Å². The van der Waals surface area contributed by atoms with Crippen molar-refractivity contribution in [1.82, 2.24) is 9.80 Å². The highest BCUT2D eigenvalue weighted by Gasteiger charge is 2.32. The second-order valence-corrected chi connectivity index (χ2v) is 12.1. The Morgan fingerprint density at radius 3 is 2.28 bits per heavy atom. The second kappa shape index (κ2) is 8.65. The average molecular weight is 513 g/mol. The van der Waals surface area contributed by atoms with Crippen molar-refractivity contribution in [1.29, 1.82) is 0 Å². The lowest BCUT2D eigenvalue weighted by molar-refractivity contribution is 0.146. The first-order valence-electron chi connectivity index (χ1n) is 12.4. The minimum Gasteiger partial charge on any atom is -0.364 e. The van der Waals surface area contributed by atoms with Crippen LogP contribution in [0.4, 0.5) is 32.8 Å². The van der Waals surface area contributed by atoms with Gasteiger partial charge in [0.2, 0.25) is 0 Å². The van der Waals surface area contributed by atoms with Crippen molar-refractivity contribution in [2.75, 3.05) is 42.1 Å². The van der Waals surface area contributed by atoms with Crippen LogP contribution in [0.5, 0.6) is 0 Å². The number of para-hydroxylation sites is 4. The Kier molecular flexibility index (Phi) is 5.27. The summed E-state index contributed by atoms with van der Waals surface area (Å²) in [5, 5.41) is 13.6. The van der Waals surface area contributed by atoms with E-state index in [9.17, 15) is 0 Å². The van der Waals surface area contributed by atoms with E-state index in [1.807, 2.05) is 11.3 Å². The molecule has 8 heteroatoms. The predicted molar refractivity (Wildman–Crippen MR) is 153 cm³/mol. The van der Waals surface area contributed by atoms with E-state index in [1.54, 1.807) is 11.3 Å². The molecular formula is C28H28N6S2. The normalized spacial score (nSPS) is 18.8. The van der Waals surface area contributed by atoms with E-state index in [2.05, 4.69) is 100 Å². The van der Waals surface area contributed by atoms with Crippen LogP contribution in [0.2, 0.25) is 0 Å². The molecule has 6 nitrogen and oxygen atoms in total. The van der Waals surface area contributed by atoms with Gasteiger partial charge in [-0.25, -0.2) is 4.99 Å². The first-order chi connectivity index (χ1) is 17.6. The van der Waals surface area contributed by atoms with E-state index >= 15 is 0 Å². The summed E-state index contributed by atoms with van der Waals surface area (Å²) in [4.78, 5) is 12.9. The number of thiophene rings is 2. The molecule has 0 amide bonds. The van der Waals surface area contributed by atoms with E-state index in [4.69, 9.17) is 4.99 Å². The quantitative estimate of drug-likeness (QED) is 0.255. The van der Waals surface area contributed by atoms with Gasteiger partial charge in [-0.1, -0.05) is 24.3 Å². The van der Waals surface area contributed by atoms with E-state index in [0.717, 1.165) is 54.8 Å². The zero-order valence-corrected chi connectivity index (χ0v) is 22.0. The number of aryl methyl sites for hydroxylation is 2. The lowest BCUT2D eigenvalue weighted by Gasteiger charge is -2.40. The van der Waals surface area contributed by atoms with Crippen LogP contribution >= 0.6 is 22.7 Å². The predicted octanol–water partition coefficient (Wildman–Crippen LogP) is 7.05. The van der Waals surface area contributed by atoms with Crippen LogP contribution < -0.4 is 16.0 Å². The van der Waals surface area contributed by atoms with Gasteiger partial charge in [-0.05, 0) is 50.2 Å².